The summed E-state index contributed by atoms with van der Waals surface area (Å²) in [4.78, 5) is 2.24. The van der Waals surface area contributed by atoms with Crippen LogP contribution in [0.5, 0.6) is 0 Å². The normalized spacial score (nSPS) is 24.7. The van der Waals surface area contributed by atoms with Crippen LogP contribution in [0.1, 0.15) is 13.3 Å². The van der Waals surface area contributed by atoms with Gasteiger partial charge in [-0.25, -0.2) is 8.42 Å². The third kappa shape index (κ3) is 3.79. The molecule has 5 heteroatoms. The number of rotatable bonds is 4. The van der Waals surface area contributed by atoms with Crippen LogP contribution in [0.25, 0.3) is 0 Å². The Kier molecular flexibility index (Phi) is 4.73. The average molecular weight is 237 g/mol. The van der Waals surface area contributed by atoms with Gasteiger partial charge in [-0.1, -0.05) is 13.3 Å². The summed E-state index contributed by atoms with van der Waals surface area (Å²) in [6, 6.07) is 0. The van der Waals surface area contributed by atoms with E-state index in [0.717, 1.165) is 18.7 Å². The van der Waals surface area contributed by atoms with Crippen molar-refractivity contribution < 1.29 is 8.42 Å². The summed E-state index contributed by atoms with van der Waals surface area (Å²) in [6.07, 6.45) is 1.12. The van der Waals surface area contributed by atoms with Gasteiger partial charge in [0.05, 0.1) is 11.5 Å². The zero-order valence-electron chi connectivity index (χ0n) is 8.65. The van der Waals surface area contributed by atoms with E-state index < -0.39 is 9.84 Å². The lowest BCUT2D eigenvalue weighted by Gasteiger charge is -2.29. The molecule has 14 heavy (non-hydrogen) atoms. The summed E-state index contributed by atoms with van der Waals surface area (Å²) in [5, 5.41) is 0. The summed E-state index contributed by atoms with van der Waals surface area (Å²) >= 11 is 4.28. The van der Waals surface area contributed by atoms with Gasteiger partial charge in [-0.15, -0.1) is 0 Å². The van der Waals surface area contributed by atoms with Crippen LogP contribution in [0, 0.1) is 5.92 Å². The van der Waals surface area contributed by atoms with Gasteiger partial charge in [0.25, 0.3) is 0 Å². The topological polar surface area (TPSA) is 37.4 Å². The van der Waals surface area contributed by atoms with E-state index in [2.05, 4.69) is 24.5 Å². The summed E-state index contributed by atoms with van der Waals surface area (Å²) in [5.74, 6) is 2.14. The molecule has 0 aromatic heterocycles. The van der Waals surface area contributed by atoms with Crippen LogP contribution in [0.15, 0.2) is 0 Å². The lowest BCUT2D eigenvalue weighted by molar-refractivity contribution is 0.254. The minimum Gasteiger partial charge on any atom is -0.301 e. The quantitative estimate of drug-likeness (QED) is 0.730. The number of nitrogens with zero attached hydrogens (tertiary/aromatic N) is 1. The molecule has 0 spiro atoms. The van der Waals surface area contributed by atoms with Crippen LogP contribution in [0.4, 0.5) is 0 Å². The van der Waals surface area contributed by atoms with Crippen molar-refractivity contribution in [2.45, 2.75) is 13.3 Å². The Morgan fingerprint density at radius 1 is 1.36 bits per heavy atom. The van der Waals surface area contributed by atoms with Crippen LogP contribution in [0.3, 0.4) is 0 Å². The molecular weight excluding hydrogens is 218 g/mol. The molecule has 0 radical (unpaired) electrons. The first-order valence-electron chi connectivity index (χ1n) is 5.11. The minimum atomic E-state index is -2.73. The Morgan fingerprint density at radius 2 is 1.93 bits per heavy atom. The lowest BCUT2D eigenvalue weighted by Crippen LogP contribution is -2.42. The molecule has 1 aliphatic heterocycles. The molecule has 1 aliphatic rings. The van der Waals surface area contributed by atoms with Gasteiger partial charge in [0.15, 0.2) is 9.84 Å². The van der Waals surface area contributed by atoms with E-state index in [1.165, 1.54) is 0 Å². The standard InChI is InChI=1S/C9H19NO2S2/c1-2-9(8-13)7-10-3-5-14(11,12)6-4-10/h9,13H,2-8H2,1H3. The second-order valence-electron chi connectivity index (χ2n) is 3.91. The molecule has 1 rings (SSSR count). The maximum Gasteiger partial charge on any atom is 0.152 e. The van der Waals surface area contributed by atoms with Gasteiger partial charge >= 0.3 is 0 Å². The van der Waals surface area contributed by atoms with E-state index in [4.69, 9.17) is 0 Å². The molecular formula is C9H19NO2S2. The third-order valence-corrected chi connectivity index (χ3v) is 4.91. The van der Waals surface area contributed by atoms with Gasteiger partial charge in [0.1, 0.15) is 0 Å². The second kappa shape index (κ2) is 5.37. The van der Waals surface area contributed by atoms with Crippen molar-refractivity contribution in [3.63, 3.8) is 0 Å². The van der Waals surface area contributed by atoms with E-state index in [0.29, 0.717) is 30.5 Å². The van der Waals surface area contributed by atoms with Crippen molar-refractivity contribution >= 4 is 22.5 Å². The van der Waals surface area contributed by atoms with E-state index >= 15 is 0 Å². The monoisotopic (exact) mass is 237 g/mol. The summed E-state index contributed by atoms with van der Waals surface area (Å²) in [6.45, 7) is 4.55. The first kappa shape index (κ1) is 12.3. The third-order valence-electron chi connectivity index (χ3n) is 2.79. The van der Waals surface area contributed by atoms with Crippen LogP contribution >= 0.6 is 12.6 Å². The Bertz CT molecular complexity index is 246. The van der Waals surface area contributed by atoms with Crippen molar-refractivity contribution in [2.24, 2.45) is 5.92 Å². The van der Waals surface area contributed by atoms with E-state index in [1.54, 1.807) is 0 Å². The molecule has 1 atom stereocenters. The highest BCUT2D eigenvalue weighted by molar-refractivity contribution is 7.91. The molecule has 3 nitrogen and oxygen atoms in total. The molecule has 1 saturated heterocycles. The minimum absolute atomic E-state index is 0.329. The smallest absolute Gasteiger partial charge is 0.152 e. The maximum absolute atomic E-state index is 11.2. The molecule has 0 bridgehead atoms. The van der Waals surface area contributed by atoms with Gasteiger partial charge < -0.3 is 4.90 Å². The molecule has 1 unspecified atom stereocenters. The van der Waals surface area contributed by atoms with Crippen LogP contribution < -0.4 is 0 Å². The fourth-order valence-corrected chi connectivity index (χ4v) is 3.26. The molecule has 1 fully saturated rings. The van der Waals surface area contributed by atoms with Crippen LogP contribution in [-0.2, 0) is 9.84 Å². The van der Waals surface area contributed by atoms with Gasteiger partial charge in [0, 0.05) is 19.6 Å². The number of hydrogen-bond acceptors (Lipinski definition) is 4. The first-order chi connectivity index (χ1) is 6.57. The van der Waals surface area contributed by atoms with Gasteiger partial charge in [-0.3, -0.25) is 0 Å². The van der Waals surface area contributed by atoms with Gasteiger partial charge in [-0.05, 0) is 11.7 Å². The highest BCUT2D eigenvalue weighted by Gasteiger charge is 2.22. The molecule has 0 amide bonds. The Hall–Kier alpha value is 0.260. The highest BCUT2D eigenvalue weighted by Crippen LogP contribution is 2.10. The van der Waals surface area contributed by atoms with Crippen molar-refractivity contribution in [1.29, 1.82) is 0 Å². The van der Waals surface area contributed by atoms with Gasteiger partial charge in [-0.2, -0.15) is 12.6 Å². The molecule has 0 aliphatic carbocycles. The predicted molar refractivity (Wildman–Crippen MR) is 62.7 cm³/mol. The summed E-state index contributed by atoms with van der Waals surface area (Å²) < 4.78 is 22.4. The predicted octanol–water partition coefficient (Wildman–Crippen LogP) is 0.673. The molecule has 1 heterocycles. The Morgan fingerprint density at radius 3 is 2.36 bits per heavy atom. The molecule has 0 aromatic rings. The molecule has 84 valence electrons. The van der Waals surface area contributed by atoms with Crippen molar-refractivity contribution in [2.75, 3.05) is 36.9 Å². The van der Waals surface area contributed by atoms with Crippen molar-refractivity contribution in [1.82, 2.24) is 4.90 Å². The van der Waals surface area contributed by atoms with E-state index in [9.17, 15) is 8.42 Å². The Labute approximate surface area is 92.2 Å². The van der Waals surface area contributed by atoms with Crippen molar-refractivity contribution in [3.8, 4) is 0 Å². The zero-order chi connectivity index (χ0) is 10.6. The molecule has 0 N–H and O–H groups in total. The largest absolute Gasteiger partial charge is 0.301 e. The maximum atomic E-state index is 11.2. The van der Waals surface area contributed by atoms with E-state index in [1.807, 2.05) is 0 Å². The number of sulfone groups is 1. The first-order valence-corrected chi connectivity index (χ1v) is 7.56. The Balaban J connectivity index is 2.35. The number of hydrogen-bond donors (Lipinski definition) is 1. The second-order valence-corrected chi connectivity index (χ2v) is 6.58. The van der Waals surface area contributed by atoms with Gasteiger partial charge in [0.2, 0.25) is 0 Å². The SMILES string of the molecule is CCC(CS)CN1CCS(=O)(=O)CC1. The zero-order valence-corrected chi connectivity index (χ0v) is 10.4. The van der Waals surface area contributed by atoms with E-state index in [-0.39, 0.29) is 0 Å². The lowest BCUT2D eigenvalue weighted by atomic mass is 10.1. The molecule has 0 saturated carbocycles. The summed E-state index contributed by atoms with van der Waals surface area (Å²) in [7, 11) is -2.73. The van der Waals surface area contributed by atoms with Crippen LogP contribution in [-0.4, -0.2) is 50.2 Å². The highest BCUT2D eigenvalue weighted by atomic mass is 32.2. The average Bonchev–Trinajstić information content (AvgIpc) is 2.16. The van der Waals surface area contributed by atoms with Crippen molar-refractivity contribution in [3.05, 3.63) is 0 Å². The summed E-state index contributed by atoms with van der Waals surface area (Å²) in [5.41, 5.74) is 0. The fourth-order valence-electron chi connectivity index (χ4n) is 1.61. The number of thiol groups is 1. The fraction of sp³-hybridized carbons (Fsp3) is 1.00. The van der Waals surface area contributed by atoms with Crippen LogP contribution in [0.2, 0.25) is 0 Å². The molecule has 0 aromatic carbocycles.